The van der Waals surface area contributed by atoms with Crippen LogP contribution in [0.1, 0.15) is 12.1 Å². The van der Waals surface area contributed by atoms with E-state index in [1.54, 1.807) is 0 Å². The third kappa shape index (κ3) is 3.54. The Bertz CT molecular complexity index is 557. The average molecular weight is 296 g/mol. The Morgan fingerprint density at radius 1 is 1.52 bits per heavy atom. The van der Waals surface area contributed by atoms with Crippen molar-refractivity contribution in [2.45, 2.75) is 25.6 Å². The molecule has 1 fully saturated rings. The van der Waals surface area contributed by atoms with Crippen LogP contribution in [-0.2, 0) is 27.5 Å². The molecule has 1 aliphatic rings. The molecule has 1 aliphatic heterocycles. The van der Waals surface area contributed by atoms with E-state index < -0.39 is 24.3 Å². The van der Waals surface area contributed by atoms with Gasteiger partial charge in [-0.3, -0.25) is 14.4 Å². The van der Waals surface area contributed by atoms with E-state index in [-0.39, 0.29) is 25.5 Å². The number of amides is 2. The molecule has 114 valence electrons. The van der Waals surface area contributed by atoms with E-state index in [1.807, 2.05) is 0 Å². The van der Waals surface area contributed by atoms with E-state index in [0.717, 1.165) is 0 Å². The van der Waals surface area contributed by atoms with Gasteiger partial charge in [-0.15, -0.1) is 5.10 Å². The normalized spacial score (nSPS) is 18.4. The Hall–Kier alpha value is -2.49. The van der Waals surface area contributed by atoms with Crippen molar-refractivity contribution in [3.8, 4) is 0 Å². The number of nitrogens with zero attached hydrogens (tertiary/aromatic N) is 4. The van der Waals surface area contributed by atoms with Crippen molar-refractivity contribution in [2.75, 3.05) is 13.1 Å². The first-order valence-corrected chi connectivity index (χ1v) is 6.39. The predicted molar refractivity (Wildman–Crippen MR) is 68.7 cm³/mol. The maximum absolute atomic E-state index is 12.2. The number of aromatic nitrogens is 3. The zero-order valence-electron chi connectivity index (χ0n) is 11.2. The van der Waals surface area contributed by atoms with Gasteiger partial charge in [0.25, 0.3) is 0 Å². The lowest BCUT2D eigenvalue weighted by Crippen LogP contribution is -2.58. The second kappa shape index (κ2) is 6.31. The summed E-state index contributed by atoms with van der Waals surface area (Å²) in [5, 5.41) is 18.9. The number of nitrogens with two attached hydrogens (primary N) is 1. The molecule has 2 heterocycles. The lowest BCUT2D eigenvalue weighted by Gasteiger charge is -2.34. The van der Waals surface area contributed by atoms with Crippen molar-refractivity contribution >= 4 is 17.8 Å². The number of carbonyl (C=O) groups excluding carboxylic acids is 2. The summed E-state index contributed by atoms with van der Waals surface area (Å²) in [6, 6.07) is -0.999. The molecule has 0 aromatic carbocycles. The van der Waals surface area contributed by atoms with Gasteiger partial charge in [0.05, 0.1) is 18.3 Å². The van der Waals surface area contributed by atoms with Crippen LogP contribution in [0.2, 0.25) is 0 Å². The van der Waals surface area contributed by atoms with Crippen LogP contribution in [0.4, 0.5) is 0 Å². The van der Waals surface area contributed by atoms with Gasteiger partial charge in [0.1, 0.15) is 12.6 Å². The van der Waals surface area contributed by atoms with Crippen LogP contribution in [0, 0.1) is 0 Å². The number of aliphatic carboxylic acids is 1. The van der Waals surface area contributed by atoms with Gasteiger partial charge in [0.15, 0.2) is 0 Å². The number of carboxylic acid groups (broad SMARTS) is 1. The minimum absolute atomic E-state index is 0.115. The van der Waals surface area contributed by atoms with Crippen molar-refractivity contribution in [3.63, 3.8) is 0 Å². The van der Waals surface area contributed by atoms with Crippen molar-refractivity contribution in [2.24, 2.45) is 5.73 Å². The molecule has 4 N–H and O–H groups in total. The number of rotatable bonds is 5. The molecule has 0 spiro atoms. The SMILES string of the molecule is NCc1cn(CC(=O)N2CCNC(=O)C2CC(=O)O)nn1. The van der Waals surface area contributed by atoms with Gasteiger partial charge in [0.2, 0.25) is 11.8 Å². The molecule has 2 amide bonds. The molecule has 1 atom stereocenters. The van der Waals surface area contributed by atoms with Gasteiger partial charge in [-0.05, 0) is 0 Å². The molecule has 10 heteroatoms. The zero-order chi connectivity index (χ0) is 15.4. The van der Waals surface area contributed by atoms with Gasteiger partial charge < -0.3 is 21.1 Å². The summed E-state index contributed by atoms with van der Waals surface area (Å²) in [7, 11) is 0. The van der Waals surface area contributed by atoms with Gasteiger partial charge in [-0.25, -0.2) is 4.68 Å². The maximum atomic E-state index is 12.2. The number of carbonyl (C=O) groups is 3. The van der Waals surface area contributed by atoms with Gasteiger partial charge >= 0.3 is 5.97 Å². The largest absolute Gasteiger partial charge is 0.481 e. The number of nitrogens with one attached hydrogen (secondary N) is 1. The van der Waals surface area contributed by atoms with E-state index in [2.05, 4.69) is 15.6 Å². The number of hydrogen-bond acceptors (Lipinski definition) is 6. The zero-order valence-corrected chi connectivity index (χ0v) is 11.2. The second-order valence-corrected chi connectivity index (χ2v) is 4.60. The molecule has 1 unspecified atom stereocenters. The molecular weight excluding hydrogens is 280 g/mol. The molecule has 1 aromatic heterocycles. The van der Waals surface area contributed by atoms with Gasteiger partial charge in [0, 0.05) is 19.6 Å². The highest BCUT2D eigenvalue weighted by Crippen LogP contribution is 2.10. The minimum Gasteiger partial charge on any atom is -0.481 e. The van der Waals surface area contributed by atoms with E-state index in [1.165, 1.54) is 15.8 Å². The van der Waals surface area contributed by atoms with E-state index in [4.69, 9.17) is 10.8 Å². The van der Waals surface area contributed by atoms with Crippen molar-refractivity contribution in [1.29, 1.82) is 0 Å². The maximum Gasteiger partial charge on any atom is 0.305 e. The fourth-order valence-electron chi connectivity index (χ4n) is 2.12. The summed E-state index contributed by atoms with van der Waals surface area (Å²) in [5.41, 5.74) is 5.95. The predicted octanol–water partition coefficient (Wildman–Crippen LogP) is -2.46. The first-order valence-electron chi connectivity index (χ1n) is 6.39. The number of hydrogen-bond donors (Lipinski definition) is 3. The van der Waals surface area contributed by atoms with Gasteiger partial charge in [-0.1, -0.05) is 5.21 Å². The molecule has 0 aliphatic carbocycles. The highest BCUT2D eigenvalue weighted by atomic mass is 16.4. The summed E-state index contributed by atoms with van der Waals surface area (Å²) in [6.07, 6.45) is 1.11. The summed E-state index contributed by atoms with van der Waals surface area (Å²) < 4.78 is 1.31. The van der Waals surface area contributed by atoms with Crippen LogP contribution in [0.25, 0.3) is 0 Å². The fraction of sp³-hybridized carbons (Fsp3) is 0.545. The molecule has 1 saturated heterocycles. The van der Waals surface area contributed by atoms with Crippen LogP contribution in [0.3, 0.4) is 0 Å². The van der Waals surface area contributed by atoms with E-state index in [9.17, 15) is 14.4 Å². The molecule has 2 rings (SSSR count). The lowest BCUT2D eigenvalue weighted by atomic mass is 10.1. The summed E-state index contributed by atoms with van der Waals surface area (Å²) in [5.74, 6) is -1.98. The smallest absolute Gasteiger partial charge is 0.305 e. The van der Waals surface area contributed by atoms with Crippen LogP contribution >= 0.6 is 0 Å². The number of piperazine rings is 1. The monoisotopic (exact) mass is 296 g/mol. The summed E-state index contributed by atoms with van der Waals surface area (Å²) in [6.45, 7) is 0.658. The fourth-order valence-corrected chi connectivity index (χ4v) is 2.12. The summed E-state index contributed by atoms with van der Waals surface area (Å²) >= 11 is 0. The van der Waals surface area contributed by atoms with Crippen LogP contribution in [0.5, 0.6) is 0 Å². The first kappa shape index (κ1) is 14.9. The second-order valence-electron chi connectivity index (χ2n) is 4.60. The Labute approximate surface area is 119 Å². The Morgan fingerprint density at radius 2 is 2.29 bits per heavy atom. The quantitative estimate of drug-likeness (QED) is 0.546. The van der Waals surface area contributed by atoms with E-state index >= 15 is 0 Å². The average Bonchev–Trinajstić information content (AvgIpc) is 2.88. The standard InChI is InChI=1S/C11H16N6O4/c12-4-7-5-16(15-14-7)6-9(18)17-2-1-13-11(21)8(17)3-10(19)20/h5,8H,1-4,6,12H2,(H,13,21)(H,19,20). The molecule has 0 saturated carbocycles. The Kier molecular flexibility index (Phi) is 4.48. The number of carboxylic acids is 1. The Balaban J connectivity index is 2.07. The lowest BCUT2D eigenvalue weighted by molar-refractivity contribution is -0.149. The highest BCUT2D eigenvalue weighted by molar-refractivity contribution is 5.91. The van der Waals surface area contributed by atoms with Crippen molar-refractivity contribution in [1.82, 2.24) is 25.2 Å². The van der Waals surface area contributed by atoms with Crippen LogP contribution in [0.15, 0.2) is 6.20 Å². The molecular formula is C11H16N6O4. The third-order valence-electron chi connectivity index (χ3n) is 3.11. The molecule has 10 nitrogen and oxygen atoms in total. The van der Waals surface area contributed by atoms with Crippen LogP contribution in [-0.4, -0.2) is 61.9 Å². The molecule has 1 aromatic rings. The molecule has 0 radical (unpaired) electrons. The molecule has 0 bridgehead atoms. The van der Waals surface area contributed by atoms with Crippen LogP contribution < -0.4 is 11.1 Å². The van der Waals surface area contributed by atoms with Crippen molar-refractivity contribution < 1.29 is 19.5 Å². The van der Waals surface area contributed by atoms with E-state index in [0.29, 0.717) is 12.2 Å². The summed E-state index contributed by atoms with van der Waals surface area (Å²) in [4.78, 5) is 36.0. The topological polar surface area (TPSA) is 143 Å². The highest BCUT2D eigenvalue weighted by Gasteiger charge is 2.34. The third-order valence-corrected chi connectivity index (χ3v) is 3.11. The van der Waals surface area contributed by atoms with Crippen molar-refractivity contribution in [3.05, 3.63) is 11.9 Å². The minimum atomic E-state index is -1.14. The first-order chi connectivity index (χ1) is 10.0. The Morgan fingerprint density at radius 3 is 2.90 bits per heavy atom. The van der Waals surface area contributed by atoms with Gasteiger partial charge in [-0.2, -0.15) is 0 Å². The molecule has 21 heavy (non-hydrogen) atoms.